The van der Waals surface area contributed by atoms with E-state index in [0.29, 0.717) is 5.92 Å². The Morgan fingerprint density at radius 3 is 2.33 bits per heavy atom. The van der Waals surface area contributed by atoms with E-state index in [0.717, 1.165) is 25.1 Å². The van der Waals surface area contributed by atoms with Crippen molar-refractivity contribution in [3.8, 4) is 5.75 Å². The number of rotatable bonds is 6. The van der Waals surface area contributed by atoms with E-state index >= 15 is 0 Å². The minimum atomic E-state index is 0.219. The molecule has 0 aliphatic heterocycles. The fraction of sp³-hybridized carbons (Fsp3) is 0.625. The smallest absolute Gasteiger partial charge is 0.123 e. The highest BCUT2D eigenvalue weighted by Crippen LogP contribution is 2.31. The molecule has 2 nitrogen and oxygen atoms in total. The van der Waals surface area contributed by atoms with E-state index in [1.165, 1.54) is 16.7 Å². The van der Waals surface area contributed by atoms with Gasteiger partial charge in [0.25, 0.3) is 0 Å². The molecule has 0 spiro atoms. The van der Waals surface area contributed by atoms with Crippen LogP contribution in [0.4, 0.5) is 0 Å². The molecule has 0 aliphatic carbocycles. The first kappa shape index (κ1) is 15.0. The van der Waals surface area contributed by atoms with E-state index in [1.807, 2.05) is 0 Å². The molecule has 0 saturated heterocycles. The molecule has 1 aromatic rings. The molecule has 0 saturated carbocycles. The number of ether oxygens (including phenoxy) is 1. The number of hydrogen-bond donors (Lipinski definition) is 1. The maximum absolute atomic E-state index is 5.92. The van der Waals surface area contributed by atoms with Crippen molar-refractivity contribution in [1.29, 1.82) is 0 Å². The van der Waals surface area contributed by atoms with Gasteiger partial charge in [0.05, 0.1) is 6.10 Å². The zero-order chi connectivity index (χ0) is 13.7. The molecule has 1 rings (SSSR count). The maximum Gasteiger partial charge on any atom is 0.123 e. The van der Waals surface area contributed by atoms with Gasteiger partial charge in [0.1, 0.15) is 5.75 Å². The van der Waals surface area contributed by atoms with E-state index in [9.17, 15) is 0 Å². The molecule has 2 heteroatoms. The summed E-state index contributed by atoms with van der Waals surface area (Å²) in [6.45, 7) is 11.5. The van der Waals surface area contributed by atoms with Gasteiger partial charge in [-0.15, -0.1) is 0 Å². The van der Waals surface area contributed by atoms with E-state index in [1.54, 1.807) is 0 Å². The van der Waals surface area contributed by atoms with Gasteiger partial charge in [-0.25, -0.2) is 0 Å². The molecule has 0 heterocycles. The first-order valence-corrected chi connectivity index (χ1v) is 6.95. The van der Waals surface area contributed by atoms with Crippen molar-refractivity contribution in [1.82, 2.24) is 0 Å². The minimum Gasteiger partial charge on any atom is -0.491 e. The predicted molar refractivity (Wildman–Crippen MR) is 78.4 cm³/mol. The SMILES string of the molecule is Cc1cc(OC(C)C)c(C(C)C)cc1CCCN. The standard InChI is InChI=1S/C16H27NO/c1-11(2)15-10-14(7-6-8-17)13(5)9-16(15)18-12(3)4/h9-12H,6-8,17H2,1-5H3. The van der Waals surface area contributed by atoms with Crippen LogP contribution in [-0.2, 0) is 6.42 Å². The highest BCUT2D eigenvalue weighted by molar-refractivity contribution is 5.44. The Labute approximate surface area is 112 Å². The second-order valence-corrected chi connectivity index (χ2v) is 5.53. The number of hydrogen-bond acceptors (Lipinski definition) is 2. The van der Waals surface area contributed by atoms with Crippen LogP contribution in [0.3, 0.4) is 0 Å². The summed E-state index contributed by atoms with van der Waals surface area (Å²) in [4.78, 5) is 0. The Balaban J connectivity index is 3.08. The molecule has 0 bridgehead atoms. The monoisotopic (exact) mass is 249 g/mol. The van der Waals surface area contributed by atoms with Gasteiger partial charge in [-0.2, -0.15) is 0 Å². The highest BCUT2D eigenvalue weighted by atomic mass is 16.5. The Bertz CT molecular complexity index is 383. The molecule has 0 aliphatic rings. The van der Waals surface area contributed by atoms with E-state index < -0.39 is 0 Å². The fourth-order valence-corrected chi connectivity index (χ4v) is 2.11. The second-order valence-electron chi connectivity index (χ2n) is 5.53. The average Bonchev–Trinajstić information content (AvgIpc) is 2.26. The number of nitrogens with two attached hydrogens (primary N) is 1. The van der Waals surface area contributed by atoms with Gasteiger partial charge < -0.3 is 10.5 Å². The summed E-state index contributed by atoms with van der Waals surface area (Å²) in [6.07, 6.45) is 2.32. The minimum absolute atomic E-state index is 0.219. The largest absolute Gasteiger partial charge is 0.491 e. The zero-order valence-corrected chi connectivity index (χ0v) is 12.4. The van der Waals surface area contributed by atoms with E-state index in [2.05, 4.69) is 46.8 Å². The molecule has 0 radical (unpaired) electrons. The zero-order valence-electron chi connectivity index (χ0n) is 12.4. The number of aryl methyl sites for hydroxylation is 2. The highest BCUT2D eigenvalue weighted by Gasteiger charge is 2.12. The van der Waals surface area contributed by atoms with Crippen LogP contribution in [0.5, 0.6) is 5.75 Å². The van der Waals surface area contributed by atoms with Crippen LogP contribution in [0.2, 0.25) is 0 Å². The summed E-state index contributed by atoms with van der Waals surface area (Å²) in [5.41, 5.74) is 9.61. The summed E-state index contributed by atoms with van der Waals surface area (Å²) < 4.78 is 5.92. The lowest BCUT2D eigenvalue weighted by Gasteiger charge is -2.19. The van der Waals surface area contributed by atoms with Gasteiger partial charge in [0.2, 0.25) is 0 Å². The van der Waals surface area contributed by atoms with Gasteiger partial charge in [0, 0.05) is 0 Å². The molecule has 0 fully saturated rings. The molecule has 0 unspecified atom stereocenters. The van der Waals surface area contributed by atoms with Gasteiger partial charge in [-0.1, -0.05) is 19.9 Å². The van der Waals surface area contributed by atoms with E-state index in [-0.39, 0.29) is 6.10 Å². The van der Waals surface area contributed by atoms with Crippen LogP contribution >= 0.6 is 0 Å². The van der Waals surface area contributed by atoms with Crippen LogP contribution in [-0.4, -0.2) is 12.6 Å². The summed E-state index contributed by atoms with van der Waals surface area (Å²) in [7, 11) is 0. The van der Waals surface area contributed by atoms with Gasteiger partial charge in [0.15, 0.2) is 0 Å². The molecule has 2 N–H and O–H groups in total. The van der Waals surface area contributed by atoms with Crippen molar-refractivity contribution >= 4 is 0 Å². The van der Waals surface area contributed by atoms with Crippen LogP contribution < -0.4 is 10.5 Å². The molecule has 102 valence electrons. The third kappa shape index (κ3) is 4.02. The summed E-state index contributed by atoms with van der Waals surface area (Å²) >= 11 is 0. The lowest BCUT2D eigenvalue weighted by atomic mass is 9.94. The third-order valence-electron chi connectivity index (χ3n) is 3.10. The average molecular weight is 249 g/mol. The Hall–Kier alpha value is -1.02. The molecule has 18 heavy (non-hydrogen) atoms. The van der Waals surface area contributed by atoms with Crippen molar-refractivity contribution < 1.29 is 4.74 Å². The topological polar surface area (TPSA) is 35.2 Å². The van der Waals surface area contributed by atoms with Crippen molar-refractivity contribution in [2.45, 2.75) is 59.5 Å². The van der Waals surface area contributed by atoms with Crippen LogP contribution in [0.1, 0.15) is 56.7 Å². The third-order valence-corrected chi connectivity index (χ3v) is 3.10. The van der Waals surface area contributed by atoms with Crippen LogP contribution in [0, 0.1) is 6.92 Å². The van der Waals surface area contributed by atoms with Crippen molar-refractivity contribution in [2.24, 2.45) is 5.73 Å². The van der Waals surface area contributed by atoms with Gasteiger partial charge >= 0.3 is 0 Å². The lowest BCUT2D eigenvalue weighted by Crippen LogP contribution is -2.09. The first-order valence-electron chi connectivity index (χ1n) is 6.95. The predicted octanol–water partition coefficient (Wildman–Crippen LogP) is 3.80. The van der Waals surface area contributed by atoms with Crippen molar-refractivity contribution in [3.63, 3.8) is 0 Å². The summed E-state index contributed by atoms with van der Waals surface area (Å²) in [5.74, 6) is 1.52. The Kier molecular flexibility index (Phi) is 5.67. The Morgan fingerprint density at radius 1 is 1.17 bits per heavy atom. The molecule has 1 aromatic carbocycles. The summed E-state index contributed by atoms with van der Waals surface area (Å²) in [6, 6.07) is 4.48. The molecule has 0 atom stereocenters. The number of benzene rings is 1. The lowest BCUT2D eigenvalue weighted by molar-refractivity contribution is 0.239. The van der Waals surface area contributed by atoms with Crippen molar-refractivity contribution in [2.75, 3.05) is 6.54 Å². The second kappa shape index (κ2) is 6.79. The van der Waals surface area contributed by atoms with Crippen LogP contribution in [0.25, 0.3) is 0 Å². The van der Waals surface area contributed by atoms with Gasteiger partial charge in [-0.3, -0.25) is 0 Å². The molecular weight excluding hydrogens is 222 g/mol. The summed E-state index contributed by atoms with van der Waals surface area (Å²) in [5, 5.41) is 0. The molecule has 0 aromatic heterocycles. The maximum atomic E-state index is 5.92. The Morgan fingerprint density at radius 2 is 1.83 bits per heavy atom. The molecular formula is C16H27NO. The van der Waals surface area contributed by atoms with E-state index in [4.69, 9.17) is 10.5 Å². The molecule has 0 amide bonds. The quantitative estimate of drug-likeness (QED) is 0.832. The van der Waals surface area contributed by atoms with Crippen molar-refractivity contribution in [3.05, 3.63) is 28.8 Å². The van der Waals surface area contributed by atoms with Crippen LogP contribution in [0.15, 0.2) is 12.1 Å². The fourth-order valence-electron chi connectivity index (χ4n) is 2.11. The van der Waals surface area contributed by atoms with Gasteiger partial charge in [-0.05, 0) is 68.8 Å². The first-order chi connectivity index (χ1) is 8.45. The normalized spacial score (nSPS) is 11.3.